The second kappa shape index (κ2) is 6.43. The molecule has 0 atom stereocenters. The summed E-state index contributed by atoms with van der Waals surface area (Å²) in [4.78, 5) is 26.3. The zero-order valence-electron chi connectivity index (χ0n) is 10.3. The average Bonchev–Trinajstić information content (AvgIpc) is 2.39. The number of nitrogens with zero attached hydrogens (tertiary/aromatic N) is 1. The van der Waals surface area contributed by atoms with Gasteiger partial charge in [0.05, 0.1) is 12.8 Å². The van der Waals surface area contributed by atoms with Crippen molar-refractivity contribution < 1.29 is 14.3 Å². The summed E-state index contributed by atoms with van der Waals surface area (Å²) in [6, 6.07) is 3.03. The van der Waals surface area contributed by atoms with E-state index in [1.54, 1.807) is 13.1 Å². The van der Waals surface area contributed by atoms with Gasteiger partial charge in [-0.2, -0.15) is 0 Å². The number of nitrogen functional groups attached to an aromatic ring is 1. The molecule has 0 aliphatic carbocycles. The van der Waals surface area contributed by atoms with E-state index in [-0.39, 0.29) is 11.6 Å². The van der Waals surface area contributed by atoms with Gasteiger partial charge in [0.25, 0.3) is 0 Å². The van der Waals surface area contributed by atoms with Crippen LogP contribution in [0, 0.1) is 0 Å². The van der Waals surface area contributed by atoms with Crippen molar-refractivity contribution in [2.24, 2.45) is 0 Å². The summed E-state index contributed by atoms with van der Waals surface area (Å²) in [5.41, 5.74) is 6.27. The lowest BCUT2D eigenvalue weighted by atomic mass is 10.3. The molecule has 0 spiro atoms. The number of anilines is 2. The van der Waals surface area contributed by atoms with E-state index in [4.69, 9.17) is 5.73 Å². The molecule has 98 valence electrons. The van der Waals surface area contributed by atoms with Crippen LogP contribution >= 0.6 is 0 Å². The van der Waals surface area contributed by atoms with Crippen LogP contribution in [-0.2, 0) is 9.53 Å². The minimum atomic E-state index is -0.538. The second-order valence-electron chi connectivity index (χ2n) is 3.48. The first kappa shape index (κ1) is 13.8. The number of hydrogen-bond acceptors (Lipinski definition) is 6. The SMILES string of the molecule is CNC(=O)CCNc1nc(C(=O)OC)ccc1N. The Labute approximate surface area is 105 Å². The van der Waals surface area contributed by atoms with Crippen molar-refractivity contribution in [3.63, 3.8) is 0 Å². The number of nitrogens with one attached hydrogen (secondary N) is 2. The van der Waals surface area contributed by atoms with Crippen molar-refractivity contribution in [3.05, 3.63) is 17.8 Å². The predicted molar refractivity (Wildman–Crippen MR) is 67.2 cm³/mol. The van der Waals surface area contributed by atoms with Crippen molar-refractivity contribution in [1.82, 2.24) is 10.3 Å². The molecule has 1 aromatic rings. The van der Waals surface area contributed by atoms with E-state index >= 15 is 0 Å². The normalized spacial score (nSPS) is 9.67. The number of aromatic nitrogens is 1. The molecular formula is C11H16N4O3. The van der Waals surface area contributed by atoms with Crippen LogP contribution in [0.1, 0.15) is 16.9 Å². The van der Waals surface area contributed by atoms with Gasteiger partial charge in [-0.15, -0.1) is 0 Å². The highest BCUT2D eigenvalue weighted by Gasteiger charge is 2.10. The van der Waals surface area contributed by atoms with Crippen molar-refractivity contribution in [2.75, 3.05) is 31.8 Å². The Balaban J connectivity index is 2.69. The molecule has 4 N–H and O–H groups in total. The molecular weight excluding hydrogens is 236 g/mol. The summed E-state index contributed by atoms with van der Waals surface area (Å²) in [7, 11) is 2.84. The standard InChI is InChI=1S/C11H16N4O3/c1-13-9(16)5-6-14-10-7(12)3-4-8(15-10)11(17)18-2/h3-4H,5-6,12H2,1-2H3,(H,13,16)(H,14,15). The maximum absolute atomic E-state index is 11.3. The van der Waals surface area contributed by atoms with Gasteiger partial charge in [-0.1, -0.05) is 0 Å². The van der Waals surface area contributed by atoms with Crippen LogP contribution in [0.3, 0.4) is 0 Å². The van der Waals surface area contributed by atoms with Gasteiger partial charge in [0.1, 0.15) is 5.82 Å². The Bertz CT molecular complexity index is 448. The Morgan fingerprint density at radius 1 is 1.44 bits per heavy atom. The van der Waals surface area contributed by atoms with Crippen molar-refractivity contribution in [2.45, 2.75) is 6.42 Å². The maximum atomic E-state index is 11.3. The van der Waals surface area contributed by atoms with E-state index in [0.717, 1.165) is 0 Å². The van der Waals surface area contributed by atoms with Crippen LogP contribution in [0.15, 0.2) is 12.1 Å². The summed E-state index contributed by atoms with van der Waals surface area (Å²) in [5, 5.41) is 5.39. The Kier molecular flexibility index (Phi) is 4.91. The third kappa shape index (κ3) is 3.62. The molecule has 0 fully saturated rings. The van der Waals surface area contributed by atoms with Gasteiger partial charge in [-0.25, -0.2) is 9.78 Å². The lowest BCUT2D eigenvalue weighted by molar-refractivity contribution is -0.120. The van der Waals surface area contributed by atoms with Crippen LogP contribution in [-0.4, -0.2) is 37.6 Å². The van der Waals surface area contributed by atoms with E-state index < -0.39 is 5.97 Å². The third-order valence-corrected chi connectivity index (χ3v) is 2.24. The predicted octanol–water partition coefficient (Wildman–Crippen LogP) is -0.00160. The molecule has 0 aromatic carbocycles. The van der Waals surface area contributed by atoms with Gasteiger partial charge >= 0.3 is 5.97 Å². The largest absolute Gasteiger partial charge is 0.464 e. The molecule has 0 bridgehead atoms. The number of esters is 1. The molecule has 0 saturated carbocycles. The van der Waals surface area contributed by atoms with Gasteiger partial charge in [0.2, 0.25) is 5.91 Å². The van der Waals surface area contributed by atoms with Crippen molar-refractivity contribution in [3.8, 4) is 0 Å². The monoisotopic (exact) mass is 252 g/mol. The van der Waals surface area contributed by atoms with E-state index in [1.807, 2.05) is 0 Å². The first-order valence-electron chi connectivity index (χ1n) is 5.37. The van der Waals surface area contributed by atoms with E-state index in [9.17, 15) is 9.59 Å². The number of hydrogen-bond donors (Lipinski definition) is 3. The molecule has 1 aromatic heterocycles. The van der Waals surface area contributed by atoms with Crippen LogP contribution in [0.25, 0.3) is 0 Å². The molecule has 1 heterocycles. The Hall–Kier alpha value is -2.31. The van der Waals surface area contributed by atoms with Crippen LogP contribution in [0.5, 0.6) is 0 Å². The highest BCUT2D eigenvalue weighted by atomic mass is 16.5. The smallest absolute Gasteiger partial charge is 0.356 e. The summed E-state index contributed by atoms with van der Waals surface area (Å²) < 4.78 is 4.56. The molecule has 7 heteroatoms. The van der Waals surface area contributed by atoms with Gasteiger partial charge in [0.15, 0.2) is 5.69 Å². The number of pyridine rings is 1. The number of rotatable bonds is 5. The fraction of sp³-hybridized carbons (Fsp3) is 0.364. The quantitative estimate of drug-likeness (QED) is 0.637. The van der Waals surface area contributed by atoms with Gasteiger partial charge in [-0.3, -0.25) is 4.79 Å². The van der Waals surface area contributed by atoms with Crippen molar-refractivity contribution >= 4 is 23.4 Å². The maximum Gasteiger partial charge on any atom is 0.356 e. The Morgan fingerprint density at radius 3 is 2.78 bits per heavy atom. The summed E-state index contributed by atoms with van der Waals surface area (Å²) in [5.74, 6) is -0.267. The lowest BCUT2D eigenvalue weighted by Crippen LogP contribution is -2.21. The number of amides is 1. The third-order valence-electron chi connectivity index (χ3n) is 2.24. The van der Waals surface area contributed by atoms with Crippen LogP contribution in [0.2, 0.25) is 0 Å². The minimum absolute atomic E-state index is 0.0924. The summed E-state index contributed by atoms with van der Waals surface area (Å²) in [6.45, 7) is 0.376. The molecule has 7 nitrogen and oxygen atoms in total. The molecule has 0 aliphatic rings. The zero-order valence-corrected chi connectivity index (χ0v) is 10.3. The fourth-order valence-electron chi connectivity index (χ4n) is 1.25. The minimum Gasteiger partial charge on any atom is -0.464 e. The number of carbonyl (C=O) groups excluding carboxylic acids is 2. The zero-order chi connectivity index (χ0) is 13.5. The lowest BCUT2D eigenvalue weighted by Gasteiger charge is -2.09. The van der Waals surface area contributed by atoms with Gasteiger partial charge in [0, 0.05) is 20.0 Å². The number of nitrogens with two attached hydrogens (primary N) is 1. The highest BCUT2D eigenvalue weighted by Crippen LogP contribution is 2.16. The Morgan fingerprint density at radius 2 is 2.17 bits per heavy atom. The fourth-order valence-corrected chi connectivity index (χ4v) is 1.25. The molecule has 1 rings (SSSR count). The average molecular weight is 252 g/mol. The van der Waals surface area contributed by atoms with Gasteiger partial charge < -0.3 is 21.1 Å². The van der Waals surface area contributed by atoms with Crippen molar-refractivity contribution in [1.29, 1.82) is 0 Å². The molecule has 1 amide bonds. The van der Waals surface area contributed by atoms with E-state index in [0.29, 0.717) is 24.5 Å². The highest BCUT2D eigenvalue weighted by molar-refractivity contribution is 5.88. The van der Waals surface area contributed by atoms with Crippen LogP contribution < -0.4 is 16.4 Å². The van der Waals surface area contributed by atoms with Crippen LogP contribution in [0.4, 0.5) is 11.5 Å². The molecule has 18 heavy (non-hydrogen) atoms. The number of ether oxygens (including phenoxy) is 1. The second-order valence-corrected chi connectivity index (χ2v) is 3.48. The summed E-state index contributed by atoms with van der Waals surface area (Å²) in [6.07, 6.45) is 0.292. The molecule has 0 radical (unpaired) electrons. The summed E-state index contributed by atoms with van der Waals surface area (Å²) >= 11 is 0. The first-order chi connectivity index (χ1) is 8.58. The van der Waals surface area contributed by atoms with Gasteiger partial charge in [-0.05, 0) is 12.1 Å². The number of carbonyl (C=O) groups is 2. The molecule has 0 saturated heterocycles. The van der Waals surface area contributed by atoms with E-state index in [1.165, 1.54) is 13.2 Å². The molecule has 0 aliphatic heterocycles. The van der Waals surface area contributed by atoms with E-state index in [2.05, 4.69) is 20.4 Å². The molecule has 0 unspecified atom stereocenters. The first-order valence-corrected chi connectivity index (χ1v) is 5.37. The topological polar surface area (TPSA) is 106 Å². The number of methoxy groups -OCH3 is 1.